The van der Waals surface area contributed by atoms with E-state index < -0.39 is 17.7 Å². The van der Waals surface area contributed by atoms with E-state index in [4.69, 9.17) is 14.2 Å². The number of ketones is 1. The van der Waals surface area contributed by atoms with Crippen LogP contribution in [-0.4, -0.2) is 55.2 Å². The molecule has 1 N–H and O–H groups in total. The van der Waals surface area contributed by atoms with E-state index in [1.54, 1.807) is 18.2 Å². The molecule has 2 heterocycles. The molecule has 4 rings (SSSR count). The van der Waals surface area contributed by atoms with E-state index in [0.717, 1.165) is 11.1 Å². The maximum absolute atomic E-state index is 13.0. The van der Waals surface area contributed by atoms with Crippen molar-refractivity contribution >= 4 is 17.4 Å². The largest absolute Gasteiger partial charge is 0.507 e. The number of ether oxygens (including phenoxy) is 3. The standard InChI is InChI=1S/C25H27NO6/c1-15(2)16-4-6-17(7-5-16)22-21(24(28)25(29)26(22)10-11-30-3)23(27)18-8-9-19-20(14-18)32-13-12-31-19/h4-9,14-15,22,27H,10-13H2,1-3H3/t22-/m1/s1. The summed E-state index contributed by atoms with van der Waals surface area (Å²) in [5, 5.41) is 11.2. The number of fused-ring (bicyclic) bond motifs is 1. The normalized spacial score (nSPS) is 19.6. The monoisotopic (exact) mass is 437 g/mol. The van der Waals surface area contributed by atoms with Gasteiger partial charge in [0.25, 0.3) is 11.7 Å². The van der Waals surface area contributed by atoms with Gasteiger partial charge in [0, 0.05) is 19.2 Å². The van der Waals surface area contributed by atoms with E-state index in [9.17, 15) is 14.7 Å². The van der Waals surface area contributed by atoms with Crippen LogP contribution in [0, 0.1) is 0 Å². The molecule has 0 bridgehead atoms. The van der Waals surface area contributed by atoms with Gasteiger partial charge in [0.1, 0.15) is 19.0 Å². The molecule has 168 valence electrons. The summed E-state index contributed by atoms with van der Waals surface area (Å²) in [7, 11) is 1.54. The molecule has 0 aliphatic carbocycles. The Morgan fingerprint density at radius 1 is 1.09 bits per heavy atom. The first-order valence-corrected chi connectivity index (χ1v) is 10.7. The number of hydrogen-bond acceptors (Lipinski definition) is 6. The van der Waals surface area contributed by atoms with Crippen molar-refractivity contribution in [3.05, 3.63) is 64.7 Å². The molecule has 1 atom stereocenters. The Labute approximate surface area is 187 Å². The number of aliphatic hydroxyl groups is 1. The fraction of sp³-hybridized carbons (Fsp3) is 0.360. The lowest BCUT2D eigenvalue weighted by atomic mass is 9.93. The number of rotatable bonds is 6. The van der Waals surface area contributed by atoms with Gasteiger partial charge >= 0.3 is 0 Å². The van der Waals surface area contributed by atoms with Gasteiger partial charge in [-0.2, -0.15) is 0 Å². The van der Waals surface area contributed by atoms with Crippen LogP contribution in [-0.2, 0) is 14.3 Å². The van der Waals surface area contributed by atoms with Gasteiger partial charge in [0.2, 0.25) is 0 Å². The van der Waals surface area contributed by atoms with Crippen molar-refractivity contribution in [3.63, 3.8) is 0 Å². The lowest BCUT2D eigenvalue weighted by molar-refractivity contribution is -0.140. The Balaban J connectivity index is 1.81. The third-order valence-corrected chi connectivity index (χ3v) is 5.81. The molecule has 0 spiro atoms. The van der Waals surface area contributed by atoms with Gasteiger partial charge in [-0.25, -0.2) is 0 Å². The Morgan fingerprint density at radius 2 is 1.78 bits per heavy atom. The van der Waals surface area contributed by atoms with Crippen LogP contribution in [0.4, 0.5) is 0 Å². The Bertz CT molecular complexity index is 1060. The third-order valence-electron chi connectivity index (χ3n) is 5.81. The van der Waals surface area contributed by atoms with Crippen LogP contribution >= 0.6 is 0 Å². The SMILES string of the molecule is COCCN1C(=O)C(=O)C(=C(O)c2ccc3c(c2)OCCO3)[C@H]1c1ccc(C(C)C)cc1. The van der Waals surface area contributed by atoms with Gasteiger partial charge in [-0.3, -0.25) is 9.59 Å². The van der Waals surface area contributed by atoms with E-state index in [1.165, 1.54) is 12.0 Å². The summed E-state index contributed by atoms with van der Waals surface area (Å²) in [6.45, 7) is 5.56. The van der Waals surface area contributed by atoms with E-state index >= 15 is 0 Å². The fourth-order valence-electron chi connectivity index (χ4n) is 4.06. The molecule has 0 radical (unpaired) electrons. The Kier molecular flexibility index (Phi) is 6.19. The number of likely N-dealkylation sites (tertiary alicyclic amines) is 1. The summed E-state index contributed by atoms with van der Waals surface area (Å²) in [5.41, 5.74) is 2.35. The van der Waals surface area contributed by atoms with Crippen molar-refractivity contribution in [3.8, 4) is 11.5 Å². The Morgan fingerprint density at radius 3 is 2.44 bits per heavy atom. The molecule has 0 aromatic heterocycles. The zero-order valence-electron chi connectivity index (χ0n) is 18.5. The van der Waals surface area contributed by atoms with Gasteiger partial charge in [-0.1, -0.05) is 38.1 Å². The second kappa shape index (κ2) is 9.04. The van der Waals surface area contributed by atoms with Crippen LogP contribution in [0.1, 0.15) is 42.5 Å². The number of carbonyl (C=O) groups is 2. The topological polar surface area (TPSA) is 85.3 Å². The summed E-state index contributed by atoms with van der Waals surface area (Å²) in [6, 6.07) is 12.1. The van der Waals surface area contributed by atoms with Crippen LogP contribution < -0.4 is 9.47 Å². The first-order valence-electron chi connectivity index (χ1n) is 10.7. The van der Waals surface area contributed by atoms with Gasteiger partial charge in [-0.05, 0) is 35.2 Å². The minimum Gasteiger partial charge on any atom is -0.507 e. The van der Waals surface area contributed by atoms with Crippen LogP contribution in [0.3, 0.4) is 0 Å². The summed E-state index contributed by atoms with van der Waals surface area (Å²) >= 11 is 0. The average molecular weight is 437 g/mol. The van der Waals surface area contributed by atoms with Crippen molar-refractivity contribution in [2.75, 3.05) is 33.5 Å². The van der Waals surface area contributed by atoms with Crippen LogP contribution in [0.15, 0.2) is 48.0 Å². The number of nitrogens with zero attached hydrogens (tertiary/aromatic N) is 1. The van der Waals surface area contributed by atoms with E-state index in [2.05, 4.69) is 13.8 Å². The molecule has 2 aromatic rings. The number of carbonyl (C=O) groups excluding carboxylic acids is 2. The average Bonchev–Trinajstić information content (AvgIpc) is 3.06. The highest BCUT2D eigenvalue weighted by Gasteiger charge is 2.46. The van der Waals surface area contributed by atoms with Crippen molar-refractivity contribution in [1.82, 2.24) is 4.90 Å². The summed E-state index contributed by atoms with van der Waals surface area (Å²) in [5.74, 6) is -0.189. The second-order valence-electron chi connectivity index (χ2n) is 8.17. The van der Waals surface area contributed by atoms with Crippen molar-refractivity contribution in [1.29, 1.82) is 0 Å². The highest BCUT2D eigenvalue weighted by molar-refractivity contribution is 6.46. The molecule has 2 aliphatic rings. The molecule has 32 heavy (non-hydrogen) atoms. The van der Waals surface area contributed by atoms with E-state index in [0.29, 0.717) is 36.2 Å². The number of benzene rings is 2. The molecule has 1 fully saturated rings. The van der Waals surface area contributed by atoms with E-state index in [-0.39, 0.29) is 24.5 Å². The number of aliphatic hydroxyl groups excluding tert-OH is 1. The zero-order valence-corrected chi connectivity index (χ0v) is 18.5. The van der Waals surface area contributed by atoms with Crippen molar-refractivity contribution < 1.29 is 28.9 Å². The molecule has 7 nitrogen and oxygen atoms in total. The molecular formula is C25H27NO6. The molecule has 0 saturated carbocycles. The first kappa shape index (κ1) is 21.9. The molecule has 2 aliphatic heterocycles. The summed E-state index contributed by atoms with van der Waals surface area (Å²) < 4.78 is 16.3. The lowest BCUT2D eigenvalue weighted by Crippen LogP contribution is -2.32. The van der Waals surface area contributed by atoms with Crippen molar-refractivity contribution in [2.24, 2.45) is 0 Å². The smallest absolute Gasteiger partial charge is 0.295 e. The second-order valence-corrected chi connectivity index (χ2v) is 8.17. The van der Waals surface area contributed by atoms with Gasteiger partial charge in [0.15, 0.2) is 11.5 Å². The van der Waals surface area contributed by atoms with E-state index in [1.807, 2.05) is 24.3 Å². The predicted molar refractivity (Wildman–Crippen MR) is 119 cm³/mol. The number of methoxy groups -OCH3 is 1. The first-order chi connectivity index (χ1) is 15.4. The fourth-order valence-corrected chi connectivity index (χ4v) is 4.06. The van der Waals surface area contributed by atoms with Crippen LogP contribution in [0.25, 0.3) is 5.76 Å². The molecular weight excluding hydrogens is 410 g/mol. The third kappa shape index (κ3) is 3.96. The maximum atomic E-state index is 13.0. The number of hydrogen-bond donors (Lipinski definition) is 1. The van der Waals surface area contributed by atoms with Crippen molar-refractivity contribution in [2.45, 2.75) is 25.8 Å². The molecule has 1 saturated heterocycles. The van der Waals surface area contributed by atoms with Gasteiger partial charge in [-0.15, -0.1) is 0 Å². The van der Waals surface area contributed by atoms with Crippen LogP contribution in [0.2, 0.25) is 0 Å². The molecule has 7 heteroatoms. The molecule has 1 amide bonds. The van der Waals surface area contributed by atoms with Gasteiger partial charge < -0.3 is 24.2 Å². The maximum Gasteiger partial charge on any atom is 0.295 e. The quantitative estimate of drug-likeness (QED) is 0.422. The lowest BCUT2D eigenvalue weighted by Gasteiger charge is -2.25. The highest BCUT2D eigenvalue weighted by atomic mass is 16.6. The predicted octanol–water partition coefficient (Wildman–Crippen LogP) is 3.65. The van der Waals surface area contributed by atoms with Gasteiger partial charge in [0.05, 0.1) is 18.2 Å². The zero-order chi connectivity index (χ0) is 22.8. The molecule has 2 aromatic carbocycles. The Hall–Kier alpha value is -3.32. The van der Waals surface area contributed by atoms with Crippen LogP contribution in [0.5, 0.6) is 11.5 Å². The number of Topliss-reactive ketones (excluding diaryl/α,β-unsaturated/α-hetero) is 1. The molecule has 0 unspecified atom stereocenters. The minimum atomic E-state index is -0.716. The highest BCUT2D eigenvalue weighted by Crippen LogP contribution is 2.41. The minimum absolute atomic E-state index is 0.0556. The summed E-state index contributed by atoms with van der Waals surface area (Å²) in [4.78, 5) is 27.4. The number of amides is 1. The summed E-state index contributed by atoms with van der Waals surface area (Å²) in [6.07, 6.45) is 0.